The second-order valence-electron chi connectivity index (χ2n) is 5.67. The molecule has 2 heterocycles. The summed E-state index contributed by atoms with van der Waals surface area (Å²) in [7, 11) is 1.40. The van der Waals surface area contributed by atoms with E-state index in [2.05, 4.69) is 22.1 Å². The first-order valence-corrected chi connectivity index (χ1v) is 8.80. The molecular formula is C20H16N2O2S. The van der Waals surface area contributed by atoms with E-state index < -0.39 is 0 Å². The molecule has 0 N–H and O–H groups in total. The van der Waals surface area contributed by atoms with Crippen LogP contribution in [0.5, 0.6) is 0 Å². The van der Waals surface area contributed by atoms with Gasteiger partial charge in [0.15, 0.2) is 0 Å². The van der Waals surface area contributed by atoms with Crippen molar-refractivity contribution < 1.29 is 9.53 Å². The van der Waals surface area contributed by atoms with E-state index in [0.29, 0.717) is 12.1 Å². The van der Waals surface area contributed by atoms with Crippen molar-refractivity contribution in [3.05, 3.63) is 76.7 Å². The van der Waals surface area contributed by atoms with Gasteiger partial charge in [-0.15, -0.1) is 11.3 Å². The maximum absolute atomic E-state index is 12.1. The lowest BCUT2D eigenvalue weighted by Crippen LogP contribution is -2.06. The molecule has 124 valence electrons. The molecule has 4 nitrogen and oxygen atoms in total. The third kappa shape index (κ3) is 2.94. The summed E-state index contributed by atoms with van der Waals surface area (Å²) in [4.78, 5) is 16.8. The highest BCUT2D eigenvalue weighted by atomic mass is 32.1. The van der Waals surface area contributed by atoms with Crippen LogP contribution >= 0.6 is 11.3 Å². The minimum absolute atomic E-state index is 0.324. The van der Waals surface area contributed by atoms with E-state index in [-0.39, 0.29) is 5.97 Å². The summed E-state index contributed by atoms with van der Waals surface area (Å²) in [5.74, 6) is -0.324. The number of fused-ring (bicyclic) bond motifs is 1. The Morgan fingerprint density at radius 1 is 1.12 bits per heavy atom. The SMILES string of the molecule is COC(=O)c1cccc2ccn(Cc3nc(-c4ccccc4)cs3)c12. The smallest absolute Gasteiger partial charge is 0.340 e. The number of benzene rings is 2. The van der Waals surface area contributed by atoms with E-state index in [1.165, 1.54) is 7.11 Å². The number of ether oxygens (including phenoxy) is 1. The molecule has 5 heteroatoms. The Balaban J connectivity index is 1.70. The van der Waals surface area contributed by atoms with E-state index in [1.807, 2.05) is 42.6 Å². The van der Waals surface area contributed by atoms with Crippen LogP contribution in [-0.4, -0.2) is 22.6 Å². The molecular weight excluding hydrogens is 332 g/mol. The fraction of sp³-hybridized carbons (Fsp3) is 0.100. The third-order valence-corrected chi connectivity index (χ3v) is 4.95. The molecule has 0 saturated heterocycles. The zero-order valence-electron chi connectivity index (χ0n) is 13.7. The lowest BCUT2D eigenvalue weighted by atomic mass is 10.1. The summed E-state index contributed by atoms with van der Waals surface area (Å²) in [6.07, 6.45) is 1.99. The van der Waals surface area contributed by atoms with Crippen molar-refractivity contribution >= 4 is 28.2 Å². The molecule has 0 aliphatic heterocycles. The number of nitrogens with zero attached hydrogens (tertiary/aromatic N) is 2. The standard InChI is InChI=1S/C20H16N2O2S/c1-24-20(23)16-9-5-8-15-10-11-22(19(15)16)12-18-21-17(13-25-18)14-6-3-2-4-7-14/h2-11,13H,12H2,1H3. The number of hydrogen-bond acceptors (Lipinski definition) is 4. The summed E-state index contributed by atoms with van der Waals surface area (Å²) in [6.45, 7) is 0.620. The molecule has 4 rings (SSSR count). The van der Waals surface area contributed by atoms with Gasteiger partial charge in [-0.3, -0.25) is 0 Å². The number of methoxy groups -OCH3 is 1. The number of rotatable bonds is 4. The summed E-state index contributed by atoms with van der Waals surface area (Å²) >= 11 is 1.62. The number of hydrogen-bond donors (Lipinski definition) is 0. The molecule has 0 spiro atoms. The van der Waals surface area contributed by atoms with Crippen LogP contribution in [0.1, 0.15) is 15.4 Å². The molecule has 0 aliphatic rings. The van der Waals surface area contributed by atoms with Crippen molar-refractivity contribution in [1.82, 2.24) is 9.55 Å². The van der Waals surface area contributed by atoms with Gasteiger partial charge in [0, 0.05) is 22.5 Å². The van der Waals surface area contributed by atoms with Crippen molar-refractivity contribution in [2.45, 2.75) is 6.54 Å². The van der Waals surface area contributed by atoms with Crippen molar-refractivity contribution in [2.75, 3.05) is 7.11 Å². The highest BCUT2D eigenvalue weighted by molar-refractivity contribution is 7.09. The minimum Gasteiger partial charge on any atom is -0.465 e. The molecule has 0 saturated carbocycles. The number of carbonyl (C=O) groups excluding carboxylic acids is 1. The molecule has 25 heavy (non-hydrogen) atoms. The van der Waals surface area contributed by atoms with Crippen LogP contribution in [0.4, 0.5) is 0 Å². The Hall–Kier alpha value is -2.92. The largest absolute Gasteiger partial charge is 0.465 e. The molecule has 0 bridgehead atoms. The number of esters is 1. The second kappa shape index (κ2) is 6.53. The normalized spacial score (nSPS) is 10.9. The van der Waals surface area contributed by atoms with Gasteiger partial charge in [0.2, 0.25) is 0 Å². The number of carbonyl (C=O) groups is 1. The van der Waals surface area contributed by atoms with Crippen LogP contribution in [-0.2, 0) is 11.3 Å². The Labute approximate surface area is 149 Å². The van der Waals surface area contributed by atoms with E-state index in [9.17, 15) is 4.79 Å². The highest BCUT2D eigenvalue weighted by Crippen LogP contribution is 2.25. The molecule has 0 atom stereocenters. The zero-order chi connectivity index (χ0) is 17.2. The molecule has 2 aromatic heterocycles. The van der Waals surface area contributed by atoms with Gasteiger partial charge >= 0.3 is 5.97 Å². The fourth-order valence-corrected chi connectivity index (χ4v) is 3.74. The Kier molecular flexibility index (Phi) is 4.07. The van der Waals surface area contributed by atoms with Crippen LogP contribution in [0.15, 0.2) is 66.2 Å². The summed E-state index contributed by atoms with van der Waals surface area (Å²) in [6, 6.07) is 17.8. The van der Waals surface area contributed by atoms with E-state index >= 15 is 0 Å². The van der Waals surface area contributed by atoms with Gasteiger partial charge < -0.3 is 9.30 Å². The number of thiazole rings is 1. The molecule has 0 radical (unpaired) electrons. The lowest BCUT2D eigenvalue weighted by molar-refractivity contribution is 0.0602. The van der Waals surface area contributed by atoms with Crippen molar-refractivity contribution in [3.8, 4) is 11.3 Å². The highest BCUT2D eigenvalue weighted by Gasteiger charge is 2.14. The van der Waals surface area contributed by atoms with Gasteiger partial charge in [-0.2, -0.15) is 0 Å². The van der Waals surface area contributed by atoms with E-state index in [4.69, 9.17) is 9.72 Å². The Bertz CT molecular complexity index is 1030. The lowest BCUT2D eigenvalue weighted by Gasteiger charge is -2.07. The molecule has 0 aliphatic carbocycles. The van der Waals surface area contributed by atoms with Gasteiger partial charge in [0.1, 0.15) is 5.01 Å². The Morgan fingerprint density at radius 3 is 2.76 bits per heavy atom. The van der Waals surface area contributed by atoms with Gasteiger partial charge in [-0.05, 0) is 12.1 Å². The van der Waals surface area contributed by atoms with Gasteiger partial charge in [0.25, 0.3) is 0 Å². The van der Waals surface area contributed by atoms with E-state index in [0.717, 1.165) is 27.2 Å². The van der Waals surface area contributed by atoms with Crippen LogP contribution in [0.3, 0.4) is 0 Å². The van der Waals surface area contributed by atoms with Gasteiger partial charge in [-0.1, -0.05) is 42.5 Å². The molecule has 2 aromatic carbocycles. The second-order valence-corrected chi connectivity index (χ2v) is 6.61. The average Bonchev–Trinajstić information content (AvgIpc) is 3.29. The topological polar surface area (TPSA) is 44.1 Å². The van der Waals surface area contributed by atoms with Crippen LogP contribution in [0, 0.1) is 0 Å². The van der Waals surface area contributed by atoms with Crippen LogP contribution in [0.25, 0.3) is 22.2 Å². The number of para-hydroxylation sites is 1. The number of aromatic nitrogens is 2. The molecule has 0 fully saturated rings. The van der Waals surface area contributed by atoms with Gasteiger partial charge in [-0.25, -0.2) is 9.78 Å². The minimum atomic E-state index is -0.324. The quantitative estimate of drug-likeness (QED) is 0.506. The first-order chi connectivity index (χ1) is 12.3. The summed E-state index contributed by atoms with van der Waals surface area (Å²) < 4.78 is 6.97. The Morgan fingerprint density at radius 2 is 1.96 bits per heavy atom. The molecule has 0 unspecified atom stereocenters. The van der Waals surface area contributed by atoms with Crippen molar-refractivity contribution in [3.63, 3.8) is 0 Å². The van der Waals surface area contributed by atoms with E-state index in [1.54, 1.807) is 17.4 Å². The van der Waals surface area contributed by atoms with Crippen LogP contribution in [0.2, 0.25) is 0 Å². The summed E-state index contributed by atoms with van der Waals surface area (Å²) in [5.41, 5.74) is 3.54. The molecule has 4 aromatic rings. The first-order valence-electron chi connectivity index (χ1n) is 7.92. The predicted octanol–water partition coefficient (Wildman–Crippen LogP) is 4.60. The average molecular weight is 348 g/mol. The first kappa shape index (κ1) is 15.6. The fourth-order valence-electron chi connectivity index (χ4n) is 2.94. The van der Waals surface area contributed by atoms with Crippen LogP contribution < -0.4 is 0 Å². The van der Waals surface area contributed by atoms with Crippen molar-refractivity contribution in [2.24, 2.45) is 0 Å². The predicted molar refractivity (Wildman–Crippen MR) is 99.9 cm³/mol. The van der Waals surface area contributed by atoms with Gasteiger partial charge in [0.05, 0.1) is 30.4 Å². The molecule has 0 amide bonds. The monoisotopic (exact) mass is 348 g/mol. The maximum atomic E-state index is 12.1. The third-order valence-electron chi connectivity index (χ3n) is 4.12. The zero-order valence-corrected chi connectivity index (χ0v) is 14.5. The summed E-state index contributed by atoms with van der Waals surface area (Å²) in [5, 5.41) is 4.08. The van der Waals surface area contributed by atoms with Crippen molar-refractivity contribution in [1.29, 1.82) is 0 Å². The maximum Gasteiger partial charge on any atom is 0.340 e.